The number of ether oxygens (including phenoxy) is 1. The molecule has 8 nitrogen and oxygen atoms in total. The number of carbonyl (C=O) groups excluding carboxylic acids is 1. The highest BCUT2D eigenvalue weighted by Crippen LogP contribution is 2.29. The third-order valence-electron chi connectivity index (χ3n) is 5.24. The maximum Gasteiger partial charge on any atom is 0.260 e. The Hall–Kier alpha value is -4.21. The van der Waals surface area contributed by atoms with Crippen LogP contribution in [-0.2, 0) is 6.54 Å². The van der Waals surface area contributed by atoms with Crippen molar-refractivity contribution < 1.29 is 18.3 Å². The van der Waals surface area contributed by atoms with Gasteiger partial charge in [0.05, 0.1) is 12.2 Å². The molecule has 1 aliphatic rings. The molecule has 1 aromatic carbocycles. The Balaban J connectivity index is 1.54. The average Bonchev–Trinajstić information content (AvgIpc) is 3.29. The zero-order chi connectivity index (χ0) is 22.8. The van der Waals surface area contributed by atoms with E-state index in [1.165, 1.54) is 6.20 Å². The van der Waals surface area contributed by atoms with Gasteiger partial charge < -0.3 is 14.6 Å². The molecule has 4 heterocycles. The van der Waals surface area contributed by atoms with Crippen LogP contribution < -0.4 is 10.1 Å². The Kier molecular flexibility index (Phi) is 5.47. The Morgan fingerprint density at radius 1 is 1.06 bits per heavy atom. The molecule has 0 atom stereocenters. The van der Waals surface area contributed by atoms with Gasteiger partial charge in [0, 0.05) is 18.3 Å². The third-order valence-corrected chi connectivity index (χ3v) is 5.24. The first-order valence-electron chi connectivity index (χ1n) is 10.3. The summed E-state index contributed by atoms with van der Waals surface area (Å²) in [6.07, 6.45) is 4.41. The van der Waals surface area contributed by atoms with Crippen molar-refractivity contribution in [2.45, 2.75) is 19.4 Å². The molecular formula is C23H18F2N6O2. The molecule has 5 rings (SSSR count). The summed E-state index contributed by atoms with van der Waals surface area (Å²) in [5, 5.41) is 10.9. The van der Waals surface area contributed by atoms with Gasteiger partial charge in [0.1, 0.15) is 23.6 Å². The summed E-state index contributed by atoms with van der Waals surface area (Å²) in [5.74, 6) is -1.38. The van der Waals surface area contributed by atoms with Crippen molar-refractivity contribution in [3.05, 3.63) is 72.3 Å². The van der Waals surface area contributed by atoms with E-state index < -0.39 is 17.7 Å². The maximum atomic E-state index is 13.7. The number of nitrogens with zero attached hydrogens (tertiary/aromatic N) is 5. The lowest BCUT2D eigenvalue weighted by Crippen LogP contribution is -2.16. The van der Waals surface area contributed by atoms with Crippen LogP contribution in [0.2, 0.25) is 0 Å². The quantitative estimate of drug-likeness (QED) is 0.441. The maximum absolute atomic E-state index is 13.7. The fourth-order valence-electron chi connectivity index (χ4n) is 3.59. The van der Waals surface area contributed by atoms with E-state index in [0.717, 1.165) is 18.9 Å². The summed E-state index contributed by atoms with van der Waals surface area (Å²) in [6.45, 7) is 1.09. The molecule has 33 heavy (non-hydrogen) atoms. The largest absolute Gasteiger partial charge is 0.493 e. The van der Waals surface area contributed by atoms with E-state index in [1.807, 2.05) is 4.57 Å². The van der Waals surface area contributed by atoms with Crippen LogP contribution in [0.15, 0.2) is 55.0 Å². The van der Waals surface area contributed by atoms with Crippen LogP contribution in [-0.4, -0.2) is 37.2 Å². The van der Waals surface area contributed by atoms with Gasteiger partial charge in [0.25, 0.3) is 5.91 Å². The van der Waals surface area contributed by atoms with E-state index in [1.54, 1.807) is 42.7 Å². The molecule has 2 bridgehead atoms. The van der Waals surface area contributed by atoms with Crippen molar-refractivity contribution in [1.82, 2.24) is 24.7 Å². The minimum absolute atomic E-state index is 0.240. The molecule has 0 radical (unpaired) electrons. The number of halogens is 2. The van der Waals surface area contributed by atoms with E-state index in [9.17, 15) is 13.6 Å². The predicted octanol–water partition coefficient (Wildman–Crippen LogP) is 4.11. The smallest absolute Gasteiger partial charge is 0.260 e. The second kappa shape index (κ2) is 8.73. The number of fused-ring (bicyclic) bond motifs is 5. The minimum atomic E-state index is -1.18. The van der Waals surface area contributed by atoms with Crippen molar-refractivity contribution in [2.75, 3.05) is 11.9 Å². The zero-order valence-corrected chi connectivity index (χ0v) is 17.3. The molecule has 0 spiro atoms. The summed E-state index contributed by atoms with van der Waals surface area (Å²) in [4.78, 5) is 21.1. The van der Waals surface area contributed by atoms with Crippen molar-refractivity contribution in [1.29, 1.82) is 0 Å². The first-order chi connectivity index (χ1) is 16.1. The molecule has 1 aliphatic heterocycles. The second-order valence-electron chi connectivity index (χ2n) is 7.47. The van der Waals surface area contributed by atoms with Crippen LogP contribution >= 0.6 is 0 Å². The van der Waals surface area contributed by atoms with Crippen LogP contribution in [0, 0.1) is 11.8 Å². The van der Waals surface area contributed by atoms with Gasteiger partial charge >= 0.3 is 0 Å². The van der Waals surface area contributed by atoms with Crippen LogP contribution in [0.4, 0.5) is 14.6 Å². The van der Waals surface area contributed by atoms with E-state index in [2.05, 4.69) is 25.5 Å². The molecule has 0 aliphatic carbocycles. The van der Waals surface area contributed by atoms with Crippen LogP contribution in [0.3, 0.4) is 0 Å². The fourth-order valence-corrected chi connectivity index (χ4v) is 3.59. The topological polar surface area (TPSA) is 94.8 Å². The number of carbonyl (C=O) groups is 1. The minimum Gasteiger partial charge on any atom is -0.493 e. The summed E-state index contributed by atoms with van der Waals surface area (Å²) in [7, 11) is 0. The normalized spacial score (nSPS) is 13.8. The highest BCUT2D eigenvalue weighted by Gasteiger charge is 2.18. The standard InChI is InChI=1S/C23H18F2N6O2/c24-17-11-15(12-26-21(17)25)14-6-7-19-16(10-14)23(32)29-20-5-3-4-18(28-20)22-30-27-13-31(22)8-1-2-9-33-19/h3-7,10-13H,1-2,8-9H2,(H,28,29,32). The summed E-state index contributed by atoms with van der Waals surface area (Å²) in [5.41, 5.74) is 1.66. The zero-order valence-electron chi connectivity index (χ0n) is 17.3. The Labute approximate surface area is 187 Å². The van der Waals surface area contributed by atoms with Gasteiger partial charge in [0.2, 0.25) is 5.95 Å². The highest BCUT2D eigenvalue weighted by molar-refractivity contribution is 6.06. The van der Waals surface area contributed by atoms with Gasteiger partial charge in [-0.3, -0.25) is 4.79 Å². The van der Waals surface area contributed by atoms with Crippen molar-refractivity contribution in [3.63, 3.8) is 0 Å². The number of aryl methyl sites for hydroxylation is 1. The Bertz CT molecular complexity index is 1340. The number of rotatable bonds is 1. The summed E-state index contributed by atoms with van der Waals surface area (Å²) < 4.78 is 34.7. The molecule has 1 N–H and O–H groups in total. The molecule has 0 fully saturated rings. The van der Waals surface area contributed by atoms with Crippen LogP contribution in [0.25, 0.3) is 22.6 Å². The van der Waals surface area contributed by atoms with Crippen LogP contribution in [0.1, 0.15) is 23.2 Å². The lowest BCUT2D eigenvalue weighted by Gasteiger charge is -2.15. The van der Waals surface area contributed by atoms with Gasteiger partial charge in [-0.1, -0.05) is 12.1 Å². The lowest BCUT2D eigenvalue weighted by molar-refractivity contribution is 0.102. The Morgan fingerprint density at radius 3 is 2.85 bits per heavy atom. The summed E-state index contributed by atoms with van der Waals surface area (Å²) in [6, 6.07) is 11.1. The number of hydrogen-bond acceptors (Lipinski definition) is 6. The molecule has 0 unspecified atom stereocenters. The fraction of sp³-hybridized carbons (Fsp3) is 0.174. The number of amides is 1. The second-order valence-corrected chi connectivity index (χ2v) is 7.47. The third kappa shape index (κ3) is 4.27. The molecule has 3 aromatic heterocycles. The molecule has 0 saturated carbocycles. The van der Waals surface area contributed by atoms with Crippen molar-refractivity contribution in [2.24, 2.45) is 0 Å². The molecular weight excluding hydrogens is 430 g/mol. The van der Waals surface area contributed by atoms with Gasteiger partial charge in [0.15, 0.2) is 11.6 Å². The number of benzene rings is 1. The molecule has 4 aromatic rings. The van der Waals surface area contributed by atoms with Gasteiger partial charge in [-0.15, -0.1) is 10.2 Å². The number of hydrogen-bond donors (Lipinski definition) is 1. The van der Waals surface area contributed by atoms with E-state index in [0.29, 0.717) is 47.4 Å². The predicted molar refractivity (Wildman–Crippen MR) is 116 cm³/mol. The van der Waals surface area contributed by atoms with E-state index >= 15 is 0 Å². The molecule has 1 amide bonds. The van der Waals surface area contributed by atoms with E-state index in [-0.39, 0.29) is 5.56 Å². The lowest BCUT2D eigenvalue weighted by atomic mass is 10.0. The number of aromatic nitrogens is 5. The summed E-state index contributed by atoms with van der Waals surface area (Å²) >= 11 is 0. The number of anilines is 1. The SMILES string of the molecule is O=C1Nc2cccc(n2)-c2nncn2CCCCOc2ccc(-c3cnc(F)c(F)c3)cc21. The van der Waals surface area contributed by atoms with Crippen LogP contribution in [0.5, 0.6) is 5.75 Å². The van der Waals surface area contributed by atoms with E-state index in [4.69, 9.17) is 4.74 Å². The first kappa shape index (κ1) is 20.7. The Morgan fingerprint density at radius 2 is 1.97 bits per heavy atom. The molecule has 10 heteroatoms. The van der Waals surface area contributed by atoms with Crippen molar-refractivity contribution in [3.8, 4) is 28.4 Å². The van der Waals surface area contributed by atoms with Gasteiger partial charge in [-0.25, -0.2) is 14.4 Å². The number of pyridine rings is 2. The first-order valence-corrected chi connectivity index (χ1v) is 10.3. The van der Waals surface area contributed by atoms with Gasteiger partial charge in [-0.2, -0.15) is 4.39 Å². The van der Waals surface area contributed by atoms with Gasteiger partial charge in [-0.05, 0) is 48.7 Å². The monoisotopic (exact) mass is 448 g/mol. The number of nitrogens with one attached hydrogen (secondary N) is 1. The average molecular weight is 448 g/mol. The molecule has 166 valence electrons. The highest BCUT2D eigenvalue weighted by atomic mass is 19.2. The molecule has 0 saturated heterocycles. The van der Waals surface area contributed by atoms with Crippen molar-refractivity contribution >= 4 is 11.7 Å².